The van der Waals surface area contributed by atoms with E-state index in [1.54, 1.807) is 50.6 Å². The van der Waals surface area contributed by atoms with Crippen LogP contribution in [0.4, 0.5) is 5.69 Å². The standard InChI is InChI=1S/C27H31N3O5S/c1-6-24(21-13-16-25(34-3)26(17-21)35-4)28-29-27(31)20-11-14-23(15-12-20)30(36(5,32)33)18-22-10-8-7-9-19(22)2/h7-17H,6,18H2,1-5H3,(H,29,31)/b28-24-. The Labute approximate surface area is 212 Å². The van der Waals surface area contributed by atoms with Crippen molar-refractivity contribution in [1.29, 1.82) is 0 Å². The fraction of sp³-hybridized carbons (Fsp3) is 0.259. The van der Waals surface area contributed by atoms with Crippen LogP contribution in [0.25, 0.3) is 0 Å². The Balaban J connectivity index is 1.79. The first kappa shape index (κ1) is 26.7. The van der Waals surface area contributed by atoms with E-state index in [1.165, 1.54) is 10.6 Å². The Kier molecular flexibility index (Phi) is 8.71. The van der Waals surface area contributed by atoms with Gasteiger partial charge < -0.3 is 9.47 Å². The Morgan fingerprint density at radius 1 is 0.944 bits per heavy atom. The van der Waals surface area contributed by atoms with Crippen molar-refractivity contribution >= 4 is 27.3 Å². The first-order chi connectivity index (χ1) is 17.2. The number of hydrazone groups is 1. The summed E-state index contributed by atoms with van der Waals surface area (Å²) in [5, 5.41) is 4.30. The molecular weight excluding hydrogens is 478 g/mol. The zero-order valence-corrected chi connectivity index (χ0v) is 21.9. The molecule has 9 heteroatoms. The maximum Gasteiger partial charge on any atom is 0.271 e. The van der Waals surface area contributed by atoms with Gasteiger partial charge >= 0.3 is 0 Å². The van der Waals surface area contributed by atoms with Crippen LogP contribution >= 0.6 is 0 Å². The van der Waals surface area contributed by atoms with Gasteiger partial charge in [0, 0.05) is 11.1 Å². The molecule has 36 heavy (non-hydrogen) atoms. The number of aryl methyl sites for hydroxylation is 1. The van der Waals surface area contributed by atoms with Crippen LogP contribution < -0.4 is 19.2 Å². The number of rotatable bonds is 10. The predicted octanol–water partition coefficient (Wildman–Crippen LogP) is 4.52. The van der Waals surface area contributed by atoms with Crippen LogP contribution in [0.15, 0.2) is 71.8 Å². The average Bonchev–Trinajstić information content (AvgIpc) is 2.87. The molecule has 0 radical (unpaired) electrons. The lowest BCUT2D eigenvalue weighted by Crippen LogP contribution is -2.29. The monoisotopic (exact) mass is 509 g/mol. The van der Waals surface area contributed by atoms with Crippen LogP contribution in [-0.2, 0) is 16.6 Å². The first-order valence-electron chi connectivity index (χ1n) is 11.4. The summed E-state index contributed by atoms with van der Waals surface area (Å²) in [6.45, 7) is 4.08. The third kappa shape index (κ3) is 6.42. The highest BCUT2D eigenvalue weighted by Gasteiger charge is 2.19. The largest absolute Gasteiger partial charge is 0.493 e. The number of anilines is 1. The quantitative estimate of drug-likeness (QED) is 0.320. The second-order valence-electron chi connectivity index (χ2n) is 8.17. The van der Waals surface area contributed by atoms with E-state index in [1.807, 2.05) is 44.2 Å². The third-order valence-electron chi connectivity index (χ3n) is 5.74. The number of hydrogen-bond acceptors (Lipinski definition) is 6. The summed E-state index contributed by atoms with van der Waals surface area (Å²) >= 11 is 0. The molecule has 0 spiro atoms. The van der Waals surface area contributed by atoms with Gasteiger partial charge in [-0.25, -0.2) is 13.8 Å². The van der Waals surface area contributed by atoms with Crippen LogP contribution in [0.3, 0.4) is 0 Å². The molecule has 3 aromatic rings. The van der Waals surface area contributed by atoms with Crippen LogP contribution in [0.5, 0.6) is 11.5 Å². The highest BCUT2D eigenvalue weighted by atomic mass is 32.2. The van der Waals surface area contributed by atoms with E-state index in [2.05, 4.69) is 10.5 Å². The van der Waals surface area contributed by atoms with Crippen molar-refractivity contribution in [2.75, 3.05) is 24.8 Å². The highest BCUT2D eigenvalue weighted by molar-refractivity contribution is 7.92. The Hall–Kier alpha value is -3.85. The van der Waals surface area contributed by atoms with Crippen molar-refractivity contribution in [3.63, 3.8) is 0 Å². The molecule has 1 N–H and O–H groups in total. The molecule has 0 fully saturated rings. The molecule has 0 saturated carbocycles. The molecule has 1 amide bonds. The predicted molar refractivity (Wildman–Crippen MR) is 142 cm³/mol. The molecule has 0 heterocycles. The second-order valence-corrected chi connectivity index (χ2v) is 10.1. The molecule has 190 valence electrons. The number of nitrogens with zero attached hydrogens (tertiary/aromatic N) is 2. The minimum Gasteiger partial charge on any atom is -0.493 e. The third-order valence-corrected chi connectivity index (χ3v) is 6.88. The van der Waals surface area contributed by atoms with Gasteiger partial charge in [0.25, 0.3) is 5.91 Å². The topological polar surface area (TPSA) is 97.3 Å². The maximum atomic E-state index is 12.7. The summed E-state index contributed by atoms with van der Waals surface area (Å²) in [6, 6.07) is 19.5. The van der Waals surface area contributed by atoms with E-state index in [9.17, 15) is 13.2 Å². The van der Waals surface area contributed by atoms with Gasteiger partial charge in [-0.1, -0.05) is 31.2 Å². The number of sulfonamides is 1. The number of amides is 1. The lowest BCUT2D eigenvalue weighted by molar-refractivity contribution is 0.0955. The van der Waals surface area contributed by atoms with E-state index in [-0.39, 0.29) is 6.54 Å². The number of carbonyl (C=O) groups excluding carboxylic acids is 1. The zero-order chi connectivity index (χ0) is 26.3. The van der Waals surface area contributed by atoms with Gasteiger partial charge in [0.1, 0.15) is 0 Å². The van der Waals surface area contributed by atoms with Crippen molar-refractivity contribution in [1.82, 2.24) is 5.43 Å². The summed E-state index contributed by atoms with van der Waals surface area (Å²) in [5.74, 6) is 0.767. The molecule has 0 atom stereocenters. The number of nitrogens with one attached hydrogen (secondary N) is 1. The Morgan fingerprint density at radius 2 is 1.58 bits per heavy atom. The summed E-state index contributed by atoms with van der Waals surface area (Å²) < 4.78 is 37.0. The molecule has 0 bridgehead atoms. The summed E-state index contributed by atoms with van der Waals surface area (Å²) in [7, 11) is -0.418. The zero-order valence-electron chi connectivity index (χ0n) is 21.1. The van der Waals surface area contributed by atoms with Crippen molar-refractivity contribution < 1.29 is 22.7 Å². The van der Waals surface area contributed by atoms with Crippen LogP contribution in [0, 0.1) is 6.92 Å². The second kappa shape index (κ2) is 11.7. The minimum absolute atomic E-state index is 0.201. The Morgan fingerprint density at radius 3 is 2.17 bits per heavy atom. The lowest BCUT2D eigenvalue weighted by atomic mass is 10.1. The number of hydrogen-bond donors (Lipinski definition) is 1. The van der Waals surface area contributed by atoms with Crippen LogP contribution in [-0.4, -0.2) is 40.5 Å². The van der Waals surface area contributed by atoms with Gasteiger partial charge in [0.15, 0.2) is 11.5 Å². The SMILES string of the molecule is CC/C(=N/NC(=O)c1ccc(N(Cc2ccccc2C)S(C)(=O)=O)cc1)c1ccc(OC)c(OC)c1. The van der Waals surface area contributed by atoms with E-state index < -0.39 is 15.9 Å². The fourth-order valence-electron chi connectivity index (χ4n) is 3.67. The molecule has 0 aromatic heterocycles. The number of methoxy groups -OCH3 is 2. The van der Waals surface area contributed by atoms with Gasteiger partial charge in [0.05, 0.1) is 38.4 Å². The van der Waals surface area contributed by atoms with E-state index in [4.69, 9.17) is 9.47 Å². The van der Waals surface area contributed by atoms with Gasteiger partial charge in [0.2, 0.25) is 10.0 Å². The number of carbonyl (C=O) groups is 1. The molecule has 0 aliphatic carbocycles. The number of ether oxygens (including phenoxy) is 2. The molecule has 0 aliphatic rings. The van der Waals surface area contributed by atoms with Crippen molar-refractivity contribution in [2.24, 2.45) is 5.10 Å². The summed E-state index contributed by atoms with van der Waals surface area (Å²) in [5.41, 5.74) is 6.79. The molecular formula is C27H31N3O5S. The van der Waals surface area contributed by atoms with E-state index in [0.717, 1.165) is 16.7 Å². The van der Waals surface area contributed by atoms with Gasteiger partial charge in [-0.05, 0) is 66.9 Å². The van der Waals surface area contributed by atoms with Gasteiger partial charge in [-0.2, -0.15) is 5.10 Å². The van der Waals surface area contributed by atoms with Gasteiger partial charge in [-0.15, -0.1) is 0 Å². The summed E-state index contributed by atoms with van der Waals surface area (Å²) in [4.78, 5) is 12.7. The molecule has 3 rings (SSSR count). The normalized spacial score (nSPS) is 11.6. The molecule has 0 unspecified atom stereocenters. The van der Waals surface area contributed by atoms with Crippen LogP contribution in [0.2, 0.25) is 0 Å². The van der Waals surface area contributed by atoms with Crippen LogP contribution in [0.1, 0.15) is 40.4 Å². The minimum atomic E-state index is -3.54. The smallest absolute Gasteiger partial charge is 0.271 e. The Bertz CT molecular complexity index is 1350. The van der Waals surface area contributed by atoms with E-state index in [0.29, 0.717) is 34.9 Å². The first-order valence-corrected chi connectivity index (χ1v) is 13.2. The molecule has 0 saturated heterocycles. The lowest BCUT2D eigenvalue weighted by Gasteiger charge is -2.23. The van der Waals surface area contributed by atoms with Crippen molar-refractivity contribution in [3.8, 4) is 11.5 Å². The van der Waals surface area contributed by atoms with Gasteiger partial charge in [-0.3, -0.25) is 9.10 Å². The molecule has 0 aliphatic heterocycles. The van der Waals surface area contributed by atoms with Crippen molar-refractivity contribution in [2.45, 2.75) is 26.8 Å². The molecule has 3 aromatic carbocycles. The average molecular weight is 510 g/mol. The van der Waals surface area contributed by atoms with E-state index >= 15 is 0 Å². The van der Waals surface area contributed by atoms with Crippen molar-refractivity contribution in [3.05, 3.63) is 89.0 Å². The summed E-state index contributed by atoms with van der Waals surface area (Å²) in [6.07, 6.45) is 1.75. The maximum absolute atomic E-state index is 12.7. The highest BCUT2D eigenvalue weighted by Crippen LogP contribution is 2.28. The number of benzene rings is 3. The molecule has 8 nitrogen and oxygen atoms in total. The fourth-order valence-corrected chi connectivity index (χ4v) is 4.55.